The smallest absolute Gasteiger partial charge is 0.0484 e. The third kappa shape index (κ3) is 4.82. The Morgan fingerprint density at radius 2 is 0.881 bits per heavy atom. The lowest BCUT2D eigenvalue weighted by atomic mass is 9.65. The second-order valence-corrected chi connectivity index (χ2v) is 18.5. The molecule has 42 heavy (non-hydrogen) atoms. The van der Waals surface area contributed by atoms with Gasteiger partial charge in [-0.2, -0.15) is 0 Å². The maximum Gasteiger partial charge on any atom is 0.0484 e. The molecule has 0 amide bonds. The molecule has 2 nitrogen and oxygen atoms in total. The van der Waals surface area contributed by atoms with Crippen molar-refractivity contribution in [3.63, 3.8) is 0 Å². The SMILES string of the molecule is CCCC1(C)Nc2c(cc3c(c2-c2c(C(C)(C)C)cc(C(C)(C)C)cc2C(C)(C)C)NC(C)(CCC)C3(C)C)C1(C)C. The number of fused-ring (bicyclic) bond motifs is 2. The Hall–Kier alpha value is -1.96. The monoisotopic (exact) mass is 573 g/mol. The second kappa shape index (κ2) is 9.77. The normalized spacial score (nSPS) is 24.7. The van der Waals surface area contributed by atoms with Crippen molar-refractivity contribution < 1.29 is 0 Å². The maximum atomic E-state index is 4.25. The molecule has 0 radical (unpaired) electrons. The molecule has 2 heterocycles. The van der Waals surface area contributed by atoms with Crippen LogP contribution in [0, 0.1) is 0 Å². The van der Waals surface area contributed by atoms with E-state index in [2.05, 4.69) is 147 Å². The van der Waals surface area contributed by atoms with Crippen molar-refractivity contribution in [1.82, 2.24) is 0 Å². The Bertz CT molecular complexity index is 1280. The van der Waals surface area contributed by atoms with Crippen molar-refractivity contribution in [2.24, 2.45) is 0 Å². The van der Waals surface area contributed by atoms with E-state index in [1.165, 1.54) is 50.3 Å². The molecule has 234 valence electrons. The summed E-state index contributed by atoms with van der Waals surface area (Å²) >= 11 is 0. The molecule has 2 aliphatic rings. The molecule has 2 aliphatic heterocycles. The van der Waals surface area contributed by atoms with E-state index in [1.54, 1.807) is 0 Å². The topological polar surface area (TPSA) is 24.1 Å². The average molecular weight is 573 g/mol. The fourth-order valence-electron chi connectivity index (χ4n) is 7.91. The predicted molar refractivity (Wildman–Crippen MR) is 188 cm³/mol. The van der Waals surface area contributed by atoms with Gasteiger partial charge >= 0.3 is 0 Å². The fraction of sp³-hybridized carbons (Fsp3) is 0.700. The molecule has 0 fully saturated rings. The number of nitrogens with one attached hydrogen (secondary N) is 2. The van der Waals surface area contributed by atoms with Crippen LogP contribution in [0.2, 0.25) is 0 Å². The highest BCUT2D eigenvalue weighted by Crippen LogP contribution is 2.62. The third-order valence-electron chi connectivity index (χ3n) is 11.6. The van der Waals surface area contributed by atoms with Crippen LogP contribution in [-0.2, 0) is 27.1 Å². The standard InChI is InChI=1S/C40H64N2/c1-18-20-39(16)37(12,13)28-24-29-33(42-40(17,21-19-2)38(29,14)15)31(32(28)41-39)30-26(35(6,7)8)22-25(34(3,4)5)23-27(30)36(9,10)11/h22-24,41-42H,18-21H2,1-17H3. The van der Waals surface area contributed by atoms with E-state index in [0.717, 1.165) is 25.7 Å². The van der Waals surface area contributed by atoms with E-state index in [-0.39, 0.29) is 38.2 Å². The summed E-state index contributed by atoms with van der Waals surface area (Å²) in [5.74, 6) is 0. The summed E-state index contributed by atoms with van der Waals surface area (Å²) in [6.07, 6.45) is 4.61. The Morgan fingerprint density at radius 1 is 0.524 bits per heavy atom. The van der Waals surface area contributed by atoms with Crippen LogP contribution in [0.3, 0.4) is 0 Å². The van der Waals surface area contributed by atoms with Crippen molar-refractivity contribution in [3.8, 4) is 11.1 Å². The number of hydrogen-bond acceptors (Lipinski definition) is 2. The fourth-order valence-corrected chi connectivity index (χ4v) is 7.91. The van der Waals surface area contributed by atoms with Gasteiger partial charge in [-0.25, -0.2) is 0 Å². The van der Waals surface area contributed by atoms with Crippen molar-refractivity contribution in [1.29, 1.82) is 0 Å². The zero-order valence-corrected chi connectivity index (χ0v) is 30.6. The van der Waals surface area contributed by atoms with Crippen LogP contribution >= 0.6 is 0 Å². The van der Waals surface area contributed by atoms with Gasteiger partial charge in [0, 0.05) is 38.8 Å². The number of benzene rings is 2. The first-order chi connectivity index (χ1) is 18.9. The van der Waals surface area contributed by atoms with Gasteiger partial charge in [0.1, 0.15) is 0 Å². The highest BCUT2D eigenvalue weighted by atomic mass is 15.1. The van der Waals surface area contributed by atoms with Gasteiger partial charge in [-0.05, 0) is 76.3 Å². The largest absolute Gasteiger partial charge is 0.378 e. The van der Waals surface area contributed by atoms with E-state index in [1.807, 2.05) is 0 Å². The number of hydrogen-bond donors (Lipinski definition) is 2. The average Bonchev–Trinajstić information content (AvgIpc) is 3.13. The first-order valence-electron chi connectivity index (χ1n) is 16.9. The number of rotatable bonds is 5. The third-order valence-corrected chi connectivity index (χ3v) is 11.6. The zero-order chi connectivity index (χ0) is 32.1. The minimum atomic E-state index is -0.0200. The molecular formula is C40H64N2. The van der Waals surface area contributed by atoms with Crippen molar-refractivity contribution >= 4 is 11.4 Å². The summed E-state index contributed by atoms with van der Waals surface area (Å²) < 4.78 is 0. The lowest BCUT2D eigenvalue weighted by molar-refractivity contribution is 0.301. The molecular weight excluding hydrogens is 508 g/mol. The summed E-state index contributed by atoms with van der Waals surface area (Å²) in [6.45, 7) is 41.0. The first kappa shape index (κ1) is 32.9. The van der Waals surface area contributed by atoms with Crippen LogP contribution in [-0.4, -0.2) is 11.1 Å². The summed E-state index contributed by atoms with van der Waals surface area (Å²) in [7, 11) is 0. The molecule has 0 spiro atoms. The zero-order valence-electron chi connectivity index (χ0n) is 30.6. The molecule has 0 saturated carbocycles. The van der Waals surface area contributed by atoms with Gasteiger partial charge < -0.3 is 10.6 Å². The van der Waals surface area contributed by atoms with Crippen molar-refractivity contribution in [2.45, 2.75) is 182 Å². The molecule has 2 atom stereocenters. The Labute approximate surface area is 260 Å². The van der Waals surface area contributed by atoms with Gasteiger partial charge in [0.05, 0.1) is 0 Å². The van der Waals surface area contributed by atoms with Crippen LogP contribution in [0.15, 0.2) is 18.2 Å². The van der Waals surface area contributed by atoms with Crippen molar-refractivity contribution in [3.05, 3.63) is 46.0 Å². The molecule has 0 aromatic heterocycles. The van der Waals surface area contributed by atoms with Gasteiger partial charge in [0.15, 0.2) is 0 Å². The molecule has 4 rings (SSSR count). The van der Waals surface area contributed by atoms with Crippen molar-refractivity contribution in [2.75, 3.05) is 10.6 Å². The van der Waals surface area contributed by atoms with Gasteiger partial charge in [-0.15, -0.1) is 0 Å². The minimum absolute atomic E-state index is 0.00288. The molecule has 0 bridgehead atoms. The molecule has 2 aromatic rings. The Morgan fingerprint density at radius 3 is 1.17 bits per heavy atom. The van der Waals surface area contributed by atoms with Crippen LogP contribution in [0.5, 0.6) is 0 Å². The summed E-state index contributed by atoms with van der Waals surface area (Å²) in [5.41, 5.74) is 12.9. The van der Waals surface area contributed by atoms with Gasteiger partial charge in [-0.3, -0.25) is 0 Å². The summed E-state index contributed by atoms with van der Waals surface area (Å²) in [4.78, 5) is 0. The van der Waals surface area contributed by atoms with Crippen LogP contribution in [0.4, 0.5) is 11.4 Å². The molecule has 0 aliphatic carbocycles. The minimum Gasteiger partial charge on any atom is -0.378 e. The molecule has 2 unspecified atom stereocenters. The van der Waals surface area contributed by atoms with Gasteiger partial charge in [-0.1, -0.05) is 135 Å². The second-order valence-electron chi connectivity index (χ2n) is 18.5. The van der Waals surface area contributed by atoms with Gasteiger partial charge in [0.2, 0.25) is 0 Å². The van der Waals surface area contributed by atoms with Gasteiger partial charge in [0.25, 0.3) is 0 Å². The van der Waals surface area contributed by atoms with E-state index in [4.69, 9.17) is 0 Å². The van der Waals surface area contributed by atoms with E-state index in [0.29, 0.717) is 0 Å². The first-order valence-corrected chi connectivity index (χ1v) is 16.9. The lowest BCUT2D eigenvalue weighted by Gasteiger charge is -2.40. The predicted octanol–water partition coefficient (Wildman–Crippen LogP) is 11.8. The molecule has 0 saturated heterocycles. The van der Waals surface area contributed by atoms with Crippen LogP contribution < -0.4 is 10.6 Å². The highest BCUT2D eigenvalue weighted by molar-refractivity contribution is 5.99. The molecule has 2 aromatic carbocycles. The molecule has 2 heteroatoms. The Balaban J connectivity index is 2.28. The lowest BCUT2D eigenvalue weighted by Crippen LogP contribution is -2.47. The molecule has 2 N–H and O–H groups in total. The highest BCUT2D eigenvalue weighted by Gasteiger charge is 2.55. The quantitative estimate of drug-likeness (QED) is 0.372. The Kier molecular flexibility index (Phi) is 7.66. The summed E-state index contributed by atoms with van der Waals surface area (Å²) in [5, 5.41) is 8.50. The van der Waals surface area contributed by atoms with Crippen LogP contribution in [0.1, 0.15) is 171 Å². The van der Waals surface area contributed by atoms with Crippen LogP contribution in [0.25, 0.3) is 11.1 Å². The number of anilines is 2. The van der Waals surface area contributed by atoms with E-state index in [9.17, 15) is 0 Å². The van der Waals surface area contributed by atoms with E-state index >= 15 is 0 Å². The summed E-state index contributed by atoms with van der Waals surface area (Å²) in [6, 6.07) is 7.70. The van der Waals surface area contributed by atoms with E-state index < -0.39 is 0 Å². The maximum absolute atomic E-state index is 4.25.